The Balaban J connectivity index is 2.54. The van der Waals surface area contributed by atoms with Crippen LogP contribution in [0.1, 0.15) is 27.2 Å². The summed E-state index contributed by atoms with van der Waals surface area (Å²) in [5, 5.41) is 0. The molecule has 4 nitrogen and oxygen atoms in total. The van der Waals surface area contributed by atoms with Crippen molar-refractivity contribution in [1.29, 1.82) is 0 Å². The first kappa shape index (κ1) is 13.4. The molecule has 0 aromatic carbocycles. The molecular formula is C11H20N2O2S. The van der Waals surface area contributed by atoms with Crippen molar-refractivity contribution in [2.45, 2.75) is 33.3 Å². The van der Waals surface area contributed by atoms with E-state index in [1.807, 2.05) is 0 Å². The van der Waals surface area contributed by atoms with Gasteiger partial charge in [-0.25, -0.2) is 0 Å². The molecule has 0 saturated carbocycles. The van der Waals surface area contributed by atoms with E-state index >= 15 is 0 Å². The lowest BCUT2D eigenvalue weighted by Crippen LogP contribution is -2.50. The number of rotatable bonds is 2. The van der Waals surface area contributed by atoms with E-state index in [0.717, 1.165) is 0 Å². The van der Waals surface area contributed by atoms with Gasteiger partial charge in [-0.15, -0.1) is 0 Å². The van der Waals surface area contributed by atoms with E-state index in [2.05, 4.69) is 20.8 Å². The zero-order chi connectivity index (χ0) is 12.3. The van der Waals surface area contributed by atoms with Gasteiger partial charge < -0.3 is 15.4 Å². The number of thiocarbonyl (C=S) groups is 1. The summed E-state index contributed by atoms with van der Waals surface area (Å²) in [5.41, 5.74) is 5.53. The number of carbonyl (C=O) groups is 1. The third-order valence-electron chi connectivity index (χ3n) is 2.42. The first-order chi connectivity index (χ1) is 7.29. The summed E-state index contributed by atoms with van der Waals surface area (Å²) in [5.74, 6) is 0.150. The molecule has 1 atom stereocenters. The molecule has 1 unspecified atom stereocenters. The Bertz CT molecular complexity index is 286. The summed E-state index contributed by atoms with van der Waals surface area (Å²) in [7, 11) is 0. The number of hydrogen-bond acceptors (Lipinski definition) is 3. The predicted molar refractivity (Wildman–Crippen MR) is 67.2 cm³/mol. The van der Waals surface area contributed by atoms with E-state index in [-0.39, 0.29) is 17.4 Å². The molecular weight excluding hydrogens is 224 g/mol. The number of morpholine rings is 1. The fourth-order valence-electron chi connectivity index (χ4n) is 1.61. The van der Waals surface area contributed by atoms with Crippen molar-refractivity contribution in [2.24, 2.45) is 11.1 Å². The molecule has 0 aromatic heterocycles. The van der Waals surface area contributed by atoms with Gasteiger partial charge in [-0.1, -0.05) is 33.0 Å². The van der Waals surface area contributed by atoms with E-state index in [1.165, 1.54) is 0 Å². The summed E-state index contributed by atoms with van der Waals surface area (Å²) in [4.78, 5) is 14.1. The van der Waals surface area contributed by atoms with Gasteiger partial charge in [-0.3, -0.25) is 4.79 Å². The van der Waals surface area contributed by atoms with Crippen LogP contribution in [0.2, 0.25) is 0 Å². The molecule has 0 radical (unpaired) electrons. The second kappa shape index (κ2) is 5.10. The highest BCUT2D eigenvalue weighted by Gasteiger charge is 2.28. The van der Waals surface area contributed by atoms with Gasteiger partial charge in [0, 0.05) is 13.0 Å². The molecule has 0 spiro atoms. The molecule has 1 heterocycles. The number of carbonyl (C=O) groups excluding carboxylic acids is 1. The van der Waals surface area contributed by atoms with Crippen LogP contribution in [0.5, 0.6) is 0 Å². The van der Waals surface area contributed by atoms with Crippen molar-refractivity contribution in [1.82, 2.24) is 4.90 Å². The number of hydrogen-bond donors (Lipinski definition) is 1. The molecule has 1 fully saturated rings. The third-order valence-corrected chi connectivity index (χ3v) is 2.68. The van der Waals surface area contributed by atoms with Gasteiger partial charge in [0.25, 0.3) is 0 Å². The Morgan fingerprint density at radius 3 is 2.69 bits per heavy atom. The van der Waals surface area contributed by atoms with Crippen LogP contribution in [-0.2, 0) is 9.53 Å². The van der Waals surface area contributed by atoms with Crippen LogP contribution in [0.4, 0.5) is 0 Å². The minimum atomic E-state index is -0.285. The largest absolute Gasteiger partial charge is 0.391 e. The van der Waals surface area contributed by atoms with E-state index in [1.54, 1.807) is 4.90 Å². The van der Waals surface area contributed by atoms with Crippen molar-refractivity contribution in [3.8, 4) is 0 Å². The van der Waals surface area contributed by atoms with Crippen molar-refractivity contribution < 1.29 is 9.53 Å². The van der Waals surface area contributed by atoms with Gasteiger partial charge in [-0.05, 0) is 5.41 Å². The number of nitrogens with two attached hydrogens (primary N) is 1. The molecule has 92 valence electrons. The van der Waals surface area contributed by atoms with Gasteiger partial charge in [0.15, 0.2) is 0 Å². The van der Waals surface area contributed by atoms with Crippen molar-refractivity contribution in [3.63, 3.8) is 0 Å². The molecule has 1 aliphatic rings. The molecule has 0 aliphatic carbocycles. The lowest BCUT2D eigenvalue weighted by atomic mass is 9.91. The Morgan fingerprint density at radius 1 is 1.56 bits per heavy atom. The average Bonchev–Trinajstić information content (AvgIpc) is 2.15. The second-order valence-corrected chi connectivity index (χ2v) is 5.81. The van der Waals surface area contributed by atoms with Gasteiger partial charge in [0.2, 0.25) is 5.91 Å². The fourth-order valence-corrected chi connectivity index (χ4v) is 1.76. The van der Waals surface area contributed by atoms with Crippen LogP contribution in [0.15, 0.2) is 0 Å². The summed E-state index contributed by atoms with van der Waals surface area (Å²) < 4.78 is 5.39. The summed E-state index contributed by atoms with van der Waals surface area (Å²) >= 11 is 4.88. The SMILES string of the molecule is CC(C)(C)CC(=O)N1CCOC(C(N)=S)C1. The van der Waals surface area contributed by atoms with Crippen LogP contribution in [0, 0.1) is 5.41 Å². The highest BCUT2D eigenvalue weighted by molar-refractivity contribution is 7.80. The van der Waals surface area contributed by atoms with Crippen molar-refractivity contribution in [3.05, 3.63) is 0 Å². The van der Waals surface area contributed by atoms with Crippen LogP contribution in [-0.4, -0.2) is 41.6 Å². The molecule has 16 heavy (non-hydrogen) atoms. The highest BCUT2D eigenvalue weighted by Crippen LogP contribution is 2.20. The maximum absolute atomic E-state index is 12.0. The summed E-state index contributed by atoms with van der Waals surface area (Å²) in [6, 6.07) is 0. The van der Waals surface area contributed by atoms with Gasteiger partial charge >= 0.3 is 0 Å². The molecule has 5 heteroatoms. The normalized spacial score (nSPS) is 21.9. The highest BCUT2D eigenvalue weighted by atomic mass is 32.1. The van der Waals surface area contributed by atoms with Crippen LogP contribution in [0.25, 0.3) is 0 Å². The number of ether oxygens (including phenoxy) is 1. The molecule has 1 saturated heterocycles. The van der Waals surface area contributed by atoms with Gasteiger partial charge in [0.1, 0.15) is 11.1 Å². The Labute approximate surface area is 102 Å². The lowest BCUT2D eigenvalue weighted by molar-refractivity contribution is -0.138. The molecule has 1 rings (SSSR count). The van der Waals surface area contributed by atoms with E-state index < -0.39 is 0 Å². The molecule has 0 bridgehead atoms. The topological polar surface area (TPSA) is 55.6 Å². The molecule has 1 amide bonds. The third kappa shape index (κ3) is 4.06. The first-order valence-electron chi connectivity index (χ1n) is 5.48. The Morgan fingerprint density at radius 2 is 2.19 bits per heavy atom. The quantitative estimate of drug-likeness (QED) is 0.734. The van der Waals surface area contributed by atoms with E-state index in [0.29, 0.717) is 31.1 Å². The van der Waals surface area contributed by atoms with Crippen LogP contribution < -0.4 is 5.73 Å². The van der Waals surface area contributed by atoms with E-state index in [4.69, 9.17) is 22.7 Å². The summed E-state index contributed by atoms with van der Waals surface area (Å²) in [6.45, 7) is 7.79. The molecule has 2 N–H and O–H groups in total. The van der Waals surface area contributed by atoms with Crippen LogP contribution in [0.3, 0.4) is 0 Å². The number of amides is 1. The zero-order valence-electron chi connectivity index (χ0n) is 10.2. The molecule has 1 aliphatic heterocycles. The van der Waals surface area contributed by atoms with Crippen molar-refractivity contribution >= 4 is 23.1 Å². The monoisotopic (exact) mass is 244 g/mol. The van der Waals surface area contributed by atoms with Crippen molar-refractivity contribution in [2.75, 3.05) is 19.7 Å². The second-order valence-electron chi connectivity index (χ2n) is 5.34. The molecule has 0 aromatic rings. The minimum absolute atomic E-state index is 0.00804. The van der Waals surface area contributed by atoms with Gasteiger partial charge in [-0.2, -0.15) is 0 Å². The summed E-state index contributed by atoms with van der Waals surface area (Å²) in [6.07, 6.45) is 0.254. The average molecular weight is 244 g/mol. The smallest absolute Gasteiger partial charge is 0.223 e. The standard InChI is InChI=1S/C11H20N2O2S/c1-11(2,3)6-9(14)13-4-5-15-8(7-13)10(12)16/h8H,4-7H2,1-3H3,(H2,12,16). The maximum atomic E-state index is 12.0. The maximum Gasteiger partial charge on any atom is 0.223 e. The fraction of sp³-hybridized carbons (Fsp3) is 0.818. The lowest BCUT2D eigenvalue weighted by Gasteiger charge is -2.34. The first-order valence-corrected chi connectivity index (χ1v) is 5.89. The van der Waals surface area contributed by atoms with Crippen LogP contribution >= 0.6 is 12.2 Å². The Kier molecular flexibility index (Phi) is 4.27. The minimum Gasteiger partial charge on any atom is -0.391 e. The Hall–Kier alpha value is -0.680. The van der Waals surface area contributed by atoms with Gasteiger partial charge in [0.05, 0.1) is 13.2 Å². The van der Waals surface area contributed by atoms with E-state index in [9.17, 15) is 4.79 Å². The zero-order valence-corrected chi connectivity index (χ0v) is 11.0. The predicted octanol–water partition coefficient (Wildman–Crippen LogP) is 0.936. The number of nitrogens with zero attached hydrogens (tertiary/aromatic N) is 1.